The topological polar surface area (TPSA) is 79.5 Å². The van der Waals surface area contributed by atoms with Crippen LogP contribution in [-0.2, 0) is 11.9 Å². The SMILES string of the molecule is Cc1cc(CSc2ncccc2C(=O)N2CCN(C(=O)c3cccc(C(F)(F)F)c3)CC2)no1. The highest BCUT2D eigenvalue weighted by Crippen LogP contribution is 2.30. The number of carbonyl (C=O) groups excluding carboxylic acids is 2. The Balaban J connectivity index is 1.39. The molecule has 3 aromatic rings. The first kappa shape index (κ1) is 23.8. The number of alkyl halides is 3. The van der Waals surface area contributed by atoms with Gasteiger partial charge in [0.25, 0.3) is 11.8 Å². The van der Waals surface area contributed by atoms with E-state index in [-0.39, 0.29) is 37.6 Å². The summed E-state index contributed by atoms with van der Waals surface area (Å²) in [5, 5.41) is 4.51. The smallest absolute Gasteiger partial charge is 0.361 e. The molecule has 0 saturated carbocycles. The van der Waals surface area contributed by atoms with Gasteiger partial charge >= 0.3 is 6.18 Å². The summed E-state index contributed by atoms with van der Waals surface area (Å²) in [5.74, 6) is 0.496. The second-order valence-corrected chi connectivity index (χ2v) is 8.70. The molecular weight excluding hydrogens is 469 g/mol. The van der Waals surface area contributed by atoms with Gasteiger partial charge in [0.05, 0.1) is 16.8 Å². The lowest BCUT2D eigenvalue weighted by molar-refractivity contribution is -0.137. The van der Waals surface area contributed by atoms with Crippen LogP contribution in [-0.4, -0.2) is 57.9 Å². The minimum atomic E-state index is -4.52. The number of pyridine rings is 1. The molecule has 1 saturated heterocycles. The van der Waals surface area contributed by atoms with E-state index < -0.39 is 17.6 Å². The van der Waals surface area contributed by atoms with Gasteiger partial charge in [0.15, 0.2) is 0 Å². The maximum absolute atomic E-state index is 13.1. The molecule has 0 aliphatic carbocycles. The number of benzene rings is 1. The van der Waals surface area contributed by atoms with Crippen LogP contribution in [0, 0.1) is 6.92 Å². The number of piperazine rings is 1. The molecule has 0 spiro atoms. The Bertz CT molecular complexity index is 1190. The third-order valence-corrected chi connectivity index (χ3v) is 6.36. The summed E-state index contributed by atoms with van der Waals surface area (Å²) >= 11 is 1.37. The van der Waals surface area contributed by atoms with Gasteiger partial charge in [-0.3, -0.25) is 9.59 Å². The van der Waals surface area contributed by atoms with E-state index >= 15 is 0 Å². The summed E-state index contributed by atoms with van der Waals surface area (Å²) < 4.78 is 44.0. The molecule has 2 aromatic heterocycles. The Morgan fingerprint density at radius 3 is 2.38 bits per heavy atom. The van der Waals surface area contributed by atoms with E-state index in [1.807, 2.05) is 6.07 Å². The summed E-state index contributed by atoms with van der Waals surface area (Å²) in [7, 11) is 0. The maximum Gasteiger partial charge on any atom is 0.416 e. The standard InChI is InChI=1S/C23H21F3N4O3S/c1-15-12-18(28-33-15)14-34-20-19(6-3-7-27-20)22(32)30-10-8-29(9-11-30)21(31)16-4-2-5-17(13-16)23(24,25)26/h2-7,12-13H,8-11,14H2,1H3. The molecule has 11 heteroatoms. The number of amides is 2. The number of hydrogen-bond acceptors (Lipinski definition) is 6. The number of rotatable bonds is 5. The molecule has 4 rings (SSSR count). The van der Waals surface area contributed by atoms with Crippen LogP contribution in [0.3, 0.4) is 0 Å². The quantitative estimate of drug-likeness (QED) is 0.497. The van der Waals surface area contributed by atoms with Crippen LogP contribution >= 0.6 is 11.8 Å². The predicted molar refractivity (Wildman–Crippen MR) is 118 cm³/mol. The average Bonchev–Trinajstić information content (AvgIpc) is 3.26. The third-order valence-electron chi connectivity index (χ3n) is 5.33. The Labute approximate surface area is 197 Å². The predicted octanol–water partition coefficient (Wildman–Crippen LogP) is 4.29. The lowest BCUT2D eigenvalue weighted by Crippen LogP contribution is -2.50. The van der Waals surface area contributed by atoms with Crippen molar-refractivity contribution in [3.8, 4) is 0 Å². The zero-order chi connectivity index (χ0) is 24.3. The highest BCUT2D eigenvalue weighted by Gasteiger charge is 2.32. The van der Waals surface area contributed by atoms with Crippen molar-refractivity contribution in [3.63, 3.8) is 0 Å². The summed E-state index contributed by atoms with van der Waals surface area (Å²) in [6.45, 7) is 2.79. The molecule has 7 nitrogen and oxygen atoms in total. The van der Waals surface area contributed by atoms with Crippen LogP contribution in [0.25, 0.3) is 0 Å². The van der Waals surface area contributed by atoms with Crippen LogP contribution < -0.4 is 0 Å². The highest BCUT2D eigenvalue weighted by molar-refractivity contribution is 7.98. The molecule has 0 radical (unpaired) electrons. The molecule has 0 atom stereocenters. The fourth-order valence-corrected chi connectivity index (χ4v) is 4.46. The van der Waals surface area contributed by atoms with Gasteiger partial charge < -0.3 is 14.3 Å². The van der Waals surface area contributed by atoms with Crippen LogP contribution in [0.5, 0.6) is 0 Å². The van der Waals surface area contributed by atoms with Gasteiger partial charge in [-0.05, 0) is 37.3 Å². The molecule has 34 heavy (non-hydrogen) atoms. The lowest BCUT2D eigenvalue weighted by atomic mass is 10.1. The van der Waals surface area contributed by atoms with Crippen molar-refractivity contribution in [3.05, 3.63) is 76.8 Å². The number of nitrogens with zero attached hydrogens (tertiary/aromatic N) is 4. The van der Waals surface area contributed by atoms with Crippen molar-refractivity contribution in [1.29, 1.82) is 0 Å². The molecular formula is C23H21F3N4O3S. The number of aromatic nitrogens is 2. The molecule has 0 N–H and O–H groups in total. The zero-order valence-electron chi connectivity index (χ0n) is 18.2. The normalized spacial score (nSPS) is 14.4. The summed E-state index contributed by atoms with van der Waals surface area (Å²) in [6, 6.07) is 9.58. The van der Waals surface area contributed by atoms with Gasteiger partial charge in [0.1, 0.15) is 10.8 Å². The van der Waals surface area contributed by atoms with Crippen LogP contribution in [0.2, 0.25) is 0 Å². The number of aryl methyl sites for hydroxylation is 1. The first-order chi connectivity index (χ1) is 16.2. The van der Waals surface area contributed by atoms with Crippen LogP contribution in [0.4, 0.5) is 13.2 Å². The molecule has 1 aliphatic rings. The van der Waals surface area contributed by atoms with E-state index in [2.05, 4.69) is 10.1 Å². The van der Waals surface area contributed by atoms with E-state index in [0.717, 1.165) is 17.8 Å². The number of hydrogen-bond donors (Lipinski definition) is 0. The summed E-state index contributed by atoms with van der Waals surface area (Å²) in [4.78, 5) is 33.3. The van der Waals surface area contributed by atoms with Crippen LogP contribution in [0.15, 0.2) is 58.2 Å². The summed E-state index contributed by atoms with van der Waals surface area (Å²) in [6.07, 6.45) is -2.91. The fraction of sp³-hybridized carbons (Fsp3) is 0.304. The molecule has 178 valence electrons. The van der Waals surface area contributed by atoms with Crippen molar-refractivity contribution in [2.75, 3.05) is 26.2 Å². The van der Waals surface area contributed by atoms with E-state index in [0.29, 0.717) is 22.1 Å². The number of carbonyl (C=O) groups is 2. The molecule has 0 unspecified atom stereocenters. The van der Waals surface area contributed by atoms with Gasteiger partial charge in [0.2, 0.25) is 0 Å². The molecule has 0 bridgehead atoms. The van der Waals surface area contributed by atoms with E-state index in [4.69, 9.17) is 4.52 Å². The van der Waals surface area contributed by atoms with Gasteiger partial charge in [-0.1, -0.05) is 23.0 Å². The van der Waals surface area contributed by atoms with Crippen molar-refractivity contribution < 1.29 is 27.3 Å². The van der Waals surface area contributed by atoms with Gasteiger partial charge in [-0.25, -0.2) is 4.98 Å². The number of halogens is 3. The molecule has 1 aromatic carbocycles. The molecule has 1 fully saturated rings. The average molecular weight is 491 g/mol. The zero-order valence-corrected chi connectivity index (χ0v) is 19.0. The lowest BCUT2D eigenvalue weighted by Gasteiger charge is -2.35. The van der Waals surface area contributed by atoms with Crippen LogP contribution in [0.1, 0.15) is 37.7 Å². The first-order valence-electron chi connectivity index (χ1n) is 10.5. The highest BCUT2D eigenvalue weighted by atomic mass is 32.2. The molecule has 3 heterocycles. The van der Waals surface area contributed by atoms with Gasteiger partial charge in [-0.15, -0.1) is 0 Å². The van der Waals surface area contributed by atoms with E-state index in [9.17, 15) is 22.8 Å². The maximum atomic E-state index is 13.1. The minimum absolute atomic E-state index is 0.0244. The third kappa shape index (κ3) is 5.41. The second kappa shape index (κ2) is 9.88. The number of thioether (sulfide) groups is 1. The monoisotopic (exact) mass is 490 g/mol. The Morgan fingerprint density at radius 1 is 1.03 bits per heavy atom. The Morgan fingerprint density at radius 2 is 1.74 bits per heavy atom. The van der Waals surface area contributed by atoms with Crippen molar-refractivity contribution >= 4 is 23.6 Å². The van der Waals surface area contributed by atoms with Crippen molar-refractivity contribution in [2.45, 2.75) is 23.9 Å². The van der Waals surface area contributed by atoms with E-state index in [1.54, 1.807) is 30.2 Å². The first-order valence-corrected chi connectivity index (χ1v) is 11.5. The fourth-order valence-electron chi connectivity index (χ4n) is 3.59. The largest absolute Gasteiger partial charge is 0.416 e. The molecule has 2 amide bonds. The Kier molecular flexibility index (Phi) is 6.92. The minimum Gasteiger partial charge on any atom is -0.361 e. The summed E-state index contributed by atoms with van der Waals surface area (Å²) in [5.41, 5.74) is 0.303. The van der Waals surface area contributed by atoms with Crippen molar-refractivity contribution in [1.82, 2.24) is 19.9 Å². The van der Waals surface area contributed by atoms with Gasteiger partial charge in [-0.2, -0.15) is 13.2 Å². The van der Waals surface area contributed by atoms with Gasteiger partial charge in [0, 0.05) is 49.8 Å². The Hall–Kier alpha value is -3.34. The van der Waals surface area contributed by atoms with E-state index in [1.165, 1.54) is 28.8 Å². The second-order valence-electron chi connectivity index (χ2n) is 7.74. The van der Waals surface area contributed by atoms with Crippen molar-refractivity contribution in [2.24, 2.45) is 0 Å². The molecule has 1 aliphatic heterocycles.